The van der Waals surface area contributed by atoms with Crippen LogP contribution in [0.4, 0.5) is 0 Å². The number of hydrogen-bond acceptors (Lipinski definition) is 4. The molecule has 1 aromatic carbocycles. The Morgan fingerprint density at radius 3 is 2.67 bits per heavy atom. The molecule has 0 atom stereocenters. The van der Waals surface area contributed by atoms with E-state index < -0.39 is 5.97 Å². The predicted octanol–water partition coefficient (Wildman–Crippen LogP) is 2.20. The Morgan fingerprint density at radius 2 is 2.05 bits per heavy atom. The van der Waals surface area contributed by atoms with Gasteiger partial charge in [0.1, 0.15) is 0 Å². The molecule has 5 heteroatoms. The van der Waals surface area contributed by atoms with E-state index in [0.29, 0.717) is 12.0 Å². The number of aromatic nitrogens is 2. The fourth-order valence-corrected chi connectivity index (χ4v) is 2.11. The van der Waals surface area contributed by atoms with E-state index in [-0.39, 0.29) is 11.1 Å². The van der Waals surface area contributed by atoms with E-state index in [1.165, 1.54) is 7.11 Å². The Balaban J connectivity index is 2.72. The molecule has 0 aliphatic rings. The number of benzene rings is 1. The van der Waals surface area contributed by atoms with Crippen LogP contribution in [0.3, 0.4) is 0 Å². The molecule has 5 nitrogen and oxygen atoms in total. The van der Waals surface area contributed by atoms with Crippen LogP contribution in [0.2, 0.25) is 0 Å². The Kier molecular flexibility index (Phi) is 4.21. The van der Waals surface area contributed by atoms with Crippen molar-refractivity contribution in [2.24, 2.45) is 0 Å². The van der Waals surface area contributed by atoms with Crippen LogP contribution in [0.1, 0.15) is 34.1 Å². The second kappa shape index (κ2) is 5.91. The highest BCUT2D eigenvalue weighted by atomic mass is 16.5. The maximum atomic E-state index is 12.2. The fourth-order valence-electron chi connectivity index (χ4n) is 2.11. The summed E-state index contributed by atoms with van der Waals surface area (Å²) >= 11 is 0. The third-order valence-electron chi connectivity index (χ3n) is 3.36. The van der Waals surface area contributed by atoms with Gasteiger partial charge in [-0.25, -0.2) is 9.48 Å². The molecule has 0 saturated heterocycles. The molecule has 2 rings (SSSR count). The Hall–Kier alpha value is -2.43. The molecule has 21 heavy (non-hydrogen) atoms. The van der Waals surface area contributed by atoms with E-state index in [1.807, 2.05) is 39.0 Å². The molecule has 1 heterocycles. The van der Waals surface area contributed by atoms with Crippen molar-refractivity contribution in [1.29, 1.82) is 0 Å². The first-order chi connectivity index (χ1) is 9.97. The molecule has 0 fully saturated rings. The Bertz CT molecular complexity index is 748. The first kappa shape index (κ1) is 15.0. The number of aryl methyl sites for hydroxylation is 3. The number of carbonyl (C=O) groups is 1. The summed E-state index contributed by atoms with van der Waals surface area (Å²) in [5.74, 6) is -0.714. The van der Waals surface area contributed by atoms with Gasteiger partial charge in [0.25, 0.3) is 0 Å². The van der Waals surface area contributed by atoms with Crippen molar-refractivity contribution in [3.63, 3.8) is 0 Å². The molecule has 0 saturated carbocycles. The highest BCUT2D eigenvalue weighted by Gasteiger charge is 2.17. The Labute approximate surface area is 123 Å². The summed E-state index contributed by atoms with van der Waals surface area (Å²) in [7, 11) is 1.24. The molecule has 0 spiro atoms. The summed E-state index contributed by atoms with van der Waals surface area (Å²) in [5, 5.41) is 4.15. The van der Waals surface area contributed by atoms with Crippen LogP contribution in [0.15, 0.2) is 29.2 Å². The lowest BCUT2D eigenvalue weighted by molar-refractivity contribution is 0.0590. The van der Waals surface area contributed by atoms with Crippen LogP contribution >= 0.6 is 0 Å². The highest BCUT2D eigenvalue weighted by molar-refractivity contribution is 5.87. The van der Waals surface area contributed by atoms with Gasteiger partial charge in [0.2, 0.25) is 11.1 Å². The number of esters is 1. The summed E-state index contributed by atoms with van der Waals surface area (Å²) in [5.41, 5.74) is 2.91. The number of nitrogens with zero attached hydrogens (tertiary/aromatic N) is 2. The minimum absolute atomic E-state index is 0.183. The van der Waals surface area contributed by atoms with Gasteiger partial charge in [-0.2, -0.15) is 5.10 Å². The topological polar surface area (TPSA) is 61.2 Å². The zero-order valence-electron chi connectivity index (χ0n) is 12.6. The lowest BCUT2D eigenvalue weighted by atomic mass is 10.1. The number of carbonyl (C=O) groups excluding carboxylic acids is 1. The summed E-state index contributed by atoms with van der Waals surface area (Å²) in [6.07, 6.45) is 2.20. The third kappa shape index (κ3) is 2.86. The lowest BCUT2D eigenvalue weighted by Crippen LogP contribution is -2.25. The zero-order valence-corrected chi connectivity index (χ0v) is 12.6. The average Bonchev–Trinajstić information content (AvgIpc) is 2.49. The van der Waals surface area contributed by atoms with Crippen molar-refractivity contribution in [2.75, 3.05) is 7.11 Å². The minimum Gasteiger partial charge on any atom is -0.464 e. The van der Waals surface area contributed by atoms with E-state index in [1.54, 1.807) is 10.9 Å². The summed E-state index contributed by atoms with van der Waals surface area (Å²) in [6, 6.07) is 5.95. The monoisotopic (exact) mass is 286 g/mol. The van der Waals surface area contributed by atoms with Crippen molar-refractivity contribution < 1.29 is 9.53 Å². The Morgan fingerprint density at radius 1 is 1.33 bits per heavy atom. The molecule has 0 N–H and O–H groups in total. The standard InChI is InChI=1S/C16H18N2O3/c1-5-12-9-18(13-8-10(2)6-7-11(13)3)17-14(15(12)19)16(20)21-4/h6-9H,5H2,1-4H3. The van der Waals surface area contributed by atoms with Crippen LogP contribution in [-0.2, 0) is 11.2 Å². The molecule has 0 radical (unpaired) electrons. The normalized spacial score (nSPS) is 10.5. The second-order valence-electron chi connectivity index (χ2n) is 4.91. The van der Waals surface area contributed by atoms with E-state index in [9.17, 15) is 9.59 Å². The molecule has 0 aliphatic heterocycles. The highest BCUT2D eigenvalue weighted by Crippen LogP contribution is 2.15. The van der Waals surface area contributed by atoms with Crippen molar-refractivity contribution in [3.05, 3.63) is 57.0 Å². The van der Waals surface area contributed by atoms with Crippen LogP contribution in [0.5, 0.6) is 0 Å². The van der Waals surface area contributed by atoms with Gasteiger partial charge in [-0.15, -0.1) is 0 Å². The summed E-state index contributed by atoms with van der Waals surface area (Å²) in [4.78, 5) is 23.9. The molecule has 1 aromatic heterocycles. The predicted molar refractivity (Wildman–Crippen MR) is 80.0 cm³/mol. The van der Waals surface area contributed by atoms with Crippen molar-refractivity contribution in [3.8, 4) is 5.69 Å². The van der Waals surface area contributed by atoms with Gasteiger partial charge in [0.15, 0.2) is 0 Å². The third-order valence-corrected chi connectivity index (χ3v) is 3.36. The van der Waals surface area contributed by atoms with Gasteiger partial charge < -0.3 is 4.74 Å². The zero-order chi connectivity index (χ0) is 15.6. The summed E-state index contributed by atoms with van der Waals surface area (Å²) in [6.45, 7) is 5.80. The van der Waals surface area contributed by atoms with Crippen molar-refractivity contribution in [2.45, 2.75) is 27.2 Å². The largest absolute Gasteiger partial charge is 0.464 e. The van der Waals surface area contributed by atoms with Crippen LogP contribution in [-0.4, -0.2) is 22.9 Å². The molecular weight excluding hydrogens is 268 g/mol. The van der Waals surface area contributed by atoms with Gasteiger partial charge in [-0.05, 0) is 37.5 Å². The molecule has 0 aliphatic carbocycles. The van der Waals surface area contributed by atoms with Gasteiger partial charge in [0, 0.05) is 11.8 Å². The number of hydrogen-bond donors (Lipinski definition) is 0. The maximum Gasteiger partial charge on any atom is 0.362 e. The molecule has 110 valence electrons. The fraction of sp³-hybridized carbons (Fsp3) is 0.312. The lowest BCUT2D eigenvalue weighted by Gasteiger charge is -2.12. The van der Waals surface area contributed by atoms with E-state index in [4.69, 9.17) is 0 Å². The van der Waals surface area contributed by atoms with Crippen LogP contribution in [0.25, 0.3) is 5.69 Å². The smallest absolute Gasteiger partial charge is 0.362 e. The van der Waals surface area contributed by atoms with Crippen molar-refractivity contribution in [1.82, 2.24) is 9.78 Å². The molecule has 0 amide bonds. The first-order valence-corrected chi connectivity index (χ1v) is 6.76. The first-order valence-electron chi connectivity index (χ1n) is 6.76. The van der Waals surface area contributed by atoms with E-state index in [0.717, 1.165) is 16.8 Å². The van der Waals surface area contributed by atoms with E-state index >= 15 is 0 Å². The maximum absolute atomic E-state index is 12.2. The van der Waals surface area contributed by atoms with Crippen molar-refractivity contribution >= 4 is 5.97 Å². The quantitative estimate of drug-likeness (QED) is 0.812. The number of ether oxygens (including phenoxy) is 1. The van der Waals surface area contributed by atoms with Gasteiger partial charge in [-0.1, -0.05) is 19.1 Å². The summed E-state index contributed by atoms with van der Waals surface area (Å²) < 4.78 is 6.22. The average molecular weight is 286 g/mol. The molecule has 0 bridgehead atoms. The van der Waals surface area contributed by atoms with Crippen LogP contribution in [0, 0.1) is 13.8 Å². The minimum atomic E-state index is -0.714. The van der Waals surface area contributed by atoms with E-state index in [2.05, 4.69) is 9.84 Å². The van der Waals surface area contributed by atoms with Gasteiger partial charge in [-0.3, -0.25) is 4.79 Å². The van der Waals surface area contributed by atoms with Gasteiger partial charge >= 0.3 is 5.97 Å². The molecule has 0 unspecified atom stereocenters. The molecule has 2 aromatic rings. The SMILES string of the molecule is CCc1cn(-c2cc(C)ccc2C)nc(C(=O)OC)c1=O. The van der Waals surface area contributed by atoms with Crippen LogP contribution < -0.4 is 5.43 Å². The number of rotatable bonds is 3. The number of methoxy groups -OCH3 is 1. The molecular formula is C16H18N2O3. The second-order valence-corrected chi connectivity index (χ2v) is 4.91. The van der Waals surface area contributed by atoms with Gasteiger partial charge in [0.05, 0.1) is 12.8 Å².